The van der Waals surface area contributed by atoms with Crippen molar-refractivity contribution in [1.29, 1.82) is 0 Å². The van der Waals surface area contributed by atoms with E-state index in [0.29, 0.717) is 30.4 Å². The van der Waals surface area contributed by atoms with Crippen LogP contribution in [-0.4, -0.2) is 72.8 Å². The zero-order valence-corrected chi connectivity index (χ0v) is 15.5. The van der Waals surface area contributed by atoms with Gasteiger partial charge in [0.15, 0.2) is 0 Å². The van der Waals surface area contributed by atoms with E-state index in [1.165, 1.54) is 19.2 Å². The lowest BCUT2D eigenvalue weighted by Gasteiger charge is -2.27. The number of halogens is 1. The molecule has 1 amide bonds. The van der Waals surface area contributed by atoms with Crippen molar-refractivity contribution in [2.75, 3.05) is 46.9 Å². The van der Waals surface area contributed by atoms with Crippen molar-refractivity contribution in [1.82, 2.24) is 19.9 Å². The maximum absolute atomic E-state index is 13.2. The first kappa shape index (κ1) is 18.1. The molecule has 3 heterocycles. The number of aromatic nitrogens is 2. The normalized spacial score (nSPS) is 25.6. The van der Waals surface area contributed by atoms with Gasteiger partial charge < -0.3 is 19.1 Å². The second kappa shape index (κ2) is 7.01. The third-order valence-corrected chi connectivity index (χ3v) is 5.69. The largest absolute Gasteiger partial charge is 0.375 e. The highest BCUT2D eigenvalue weighted by molar-refractivity contribution is 5.78. The Labute approximate surface area is 157 Å². The van der Waals surface area contributed by atoms with Crippen LogP contribution in [0.4, 0.5) is 4.39 Å². The van der Waals surface area contributed by atoms with Crippen molar-refractivity contribution in [2.45, 2.75) is 12.3 Å². The van der Waals surface area contributed by atoms with Gasteiger partial charge in [-0.3, -0.25) is 4.79 Å². The van der Waals surface area contributed by atoms with Crippen molar-refractivity contribution < 1.29 is 18.4 Å². The van der Waals surface area contributed by atoms with Crippen LogP contribution in [0.15, 0.2) is 28.8 Å². The standard InChI is InChI=1S/C19H23FN4O3/c1-23-8-7-19(11-23)12-24(16(25)10-26-2)9-15(19)18-21-17(22-27-18)13-3-5-14(20)6-4-13/h3-6,15H,7-12H2,1-2H3/t15-,19-/m0/s1. The molecule has 0 saturated carbocycles. The Morgan fingerprint density at radius 1 is 1.37 bits per heavy atom. The van der Waals surface area contributed by atoms with Crippen LogP contribution in [0.5, 0.6) is 0 Å². The lowest BCUT2D eigenvalue weighted by molar-refractivity contribution is -0.134. The monoisotopic (exact) mass is 374 g/mol. The molecule has 0 bridgehead atoms. The molecule has 2 aliphatic rings. The molecule has 1 aromatic carbocycles. The Kier molecular flexibility index (Phi) is 4.69. The summed E-state index contributed by atoms with van der Waals surface area (Å²) in [4.78, 5) is 21.1. The van der Waals surface area contributed by atoms with E-state index in [4.69, 9.17) is 9.26 Å². The Bertz CT molecular complexity index is 825. The third kappa shape index (κ3) is 3.35. The highest BCUT2D eigenvalue weighted by atomic mass is 19.1. The summed E-state index contributed by atoms with van der Waals surface area (Å²) in [6.45, 7) is 3.13. The Balaban J connectivity index is 1.62. The van der Waals surface area contributed by atoms with Gasteiger partial charge in [0.05, 0.1) is 5.92 Å². The molecule has 7 nitrogen and oxygen atoms in total. The summed E-state index contributed by atoms with van der Waals surface area (Å²) in [5.74, 6) is 0.626. The van der Waals surface area contributed by atoms with Gasteiger partial charge in [0, 0.05) is 37.7 Å². The Morgan fingerprint density at radius 3 is 2.81 bits per heavy atom. The van der Waals surface area contributed by atoms with Gasteiger partial charge in [-0.25, -0.2) is 4.39 Å². The maximum Gasteiger partial charge on any atom is 0.248 e. The molecular formula is C19H23FN4O3. The molecule has 0 aliphatic carbocycles. The molecule has 0 radical (unpaired) electrons. The van der Waals surface area contributed by atoms with Gasteiger partial charge in [0.25, 0.3) is 0 Å². The van der Waals surface area contributed by atoms with E-state index >= 15 is 0 Å². The van der Waals surface area contributed by atoms with Gasteiger partial charge in [-0.2, -0.15) is 4.98 Å². The van der Waals surface area contributed by atoms with E-state index in [9.17, 15) is 9.18 Å². The number of methoxy groups -OCH3 is 1. The van der Waals surface area contributed by atoms with E-state index in [0.717, 1.165) is 19.5 Å². The average Bonchev–Trinajstić information content (AvgIpc) is 3.35. The maximum atomic E-state index is 13.2. The van der Waals surface area contributed by atoms with Crippen LogP contribution < -0.4 is 0 Å². The molecule has 2 atom stereocenters. The molecule has 2 aliphatic heterocycles. The molecule has 4 rings (SSSR count). The molecule has 2 saturated heterocycles. The fourth-order valence-electron chi connectivity index (χ4n) is 4.33. The number of benzene rings is 1. The summed E-state index contributed by atoms with van der Waals surface area (Å²) >= 11 is 0. The Hall–Kier alpha value is -2.32. The number of carbonyl (C=O) groups excluding carboxylic acids is 1. The quantitative estimate of drug-likeness (QED) is 0.812. The predicted molar refractivity (Wildman–Crippen MR) is 95.4 cm³/mol. The predicted octanol–water partition coefficient (Wildman–Crippen LogP) is 1.77. The zero-order chi connectivity index (χ0) is 19.0. The van der Waals surface area contributed by atoms with Crippen LogP contribution in [0.1, 0.15) is 18.2 Å². The van der Waals surface area contributed by atoms with Crippen molar-refractivity contribution in [2.24, 2.45) is 5.41 Å². The van der Waals surface area contributed by atoms with E-state index in [1.54, 1.807) is 12.1 Å². The van der Waals surface area contributed by atoms with Crippen LogP contribution in [0.25, 0.3) is 11.4 Å². The molecule has 2 aromatic rings. The number of nitrogens with zero attached hydrogens (tertiary/aromatic N) is 4. The Morgan fingerprint density at radius 2 is 2.15 bits per heavy atom. The number of ether oxygens (including phenoxy) is 1. The van der Waals surface area contributed by atoms with Gasteiger partial charge in [-0.05, 0) is 44.3 Å². The van der Waals surface area contributed by atoms with Crippen molar-refractivity contribution in [3.8, 4) is 11.4 Å². The number of hydrogen-bond donors (Lipinski definition) is 0. The second-order valence-corrected chi connectivity index (χ2v) is 7.57. The smallest absolute Gasteiger partial charge is 0.248 e. The van der Waals surface area contributed by atoms with Crippen LogP contribution in [0.2, 0.25) is 0 Å². The highest BCUT2D eigenvalue weighted by Gasteiger charge is 2.53. The van der Waals surface area contributed by atoms with E-state index in [-0.39, 0.29) is 29.7 Å². The molecule has 8 heteroatoms. The number of rotatable bonds is 4. The van der Waals surface area contributed by atoms with Crippen LogP contribution in [0, 0.1) is 11.2 Å². The van der Waals surface area contributed by atoms with E-state index in [2.05, 4.69) is 22.1 Å². The molecule has 0 N–H and O–H groups in total. The molecule has 27 heavy (non-hydrogen) atoms. The molecule has 2 fully saturated rings. The third-order valence-electron chi connectivity index (χ3n) is 5.69. The minimum Gasteiger partial charge on any atom is -0.375 e. The van der Waals surface area contributed by atoms with Gasteiger partial charge in [0.1, 0.15) is 12.4 Å². The van der Waals surface area contributed by atoms with Crippen molar-refractivity contribution >= 4 is 5.91 Å². The van der Waals surface area contributed by atoms with Gasteiger partial charge >= 0.3 is 0 Å². The molecule has 0 unspecified atom stereocenters. The minimum atomic E-state index is -0.307. The summed E-state index contributed by atoms with van der Waals surface area (Å²) in [7, 11) is 3.61. The molecular weight excluding hydrogens is 351 g/mol. The van der Waals surface area contributed by atoms with Crippen LogP contribution >= 0.6 is 0 Å². The summed E-state index contributed by atoms with van der Waals surface area (Å²) in [6, 6.07) is 6.01. The van der Waals surface area contributed by atoms with Gasteiger partial charge in [0.2, 0.25) is 17.6 Å². The first-order valence-electron chi connectivity index (χ1n) is 9.05. The summed E-state index contributed by atoms with van der Waals surface area (Å²) in [5, 5.41) is 4.09. The van der Waals surface area contributed by atoms with Crippen molar-refractivity contribution in [3.05, 3.63) is 36.0 Å². The fraction of sp³-hybridized carbons (Fsp3) is 0.526. The lowest BCUT2D eigenvalue weighted by Crippen LogP contribution is -2.35. The first-order chi connectivity index (χ1) is 13.0. The summed E-state index contributed by atoms with van der Waals surface area (Å²) < 4.78 is 23.8. The second-order valence-electron chi connectivity index (χ2n) is 7.57. The number of likely N-dealkylation sites (tertiary alicyclic amines) is 2. The topological polar surface area (TPSA) is 71.7 Å². The van der Waals surface area contributed by atoms with Gasteiger partial charge in [-0.15, -0.1) is 0 Å². The minimum absolute atomic E-state index is 0.0211. The molecule has 1 aromatic heterocycles. The number of hydrogen-bond acceptors (Lipinski definition) is 6. The fourth-order valence-corrected chi connectivity index (χ4v) is 4.33. The average molecular weight is 374 g/mol. The van der Waals surface area contributed by atoms with Crippen molar-refractivity contribution in [3.63, 3.8) is 0 Å². The van der Waals surface area contributed by atoms with E-state index in [1.807, 2.05) is 4.90 Å². The van der Waals surface area contributed by atoms with Crippen LogP contribution in [-0.2, 0) is 9.53 Å². The molecule has 1 spiro atoms. The lowest BCUT2D eigenvalue weighted by atomic mass is 9.77. The van der Waals surface area contributed by atoms with Crippen LogP contribution in [0.3, 0.4) is 0 Å². The van der Waals surface area contributed by atoms with E-state index < -0.39 is 0 Å². The van der Waals surface area contributed by atoms with Gasteiger partial charge in [-0.1, -0.05) is 5.16 Å². The zero-order valence-electron chi connectivity index (χ0n) is 15.5. The first-order valence-corrected chi connectivity index (χ1v) is 9.05. The number of amides is 1. The highest BCUT2D eigenvalue weighted by Crippen LogP contribution is 2.48. The SMILES string of the molecule is COCC(=O)N1C[C@@H](c2nc(-c3ccc(F)cc3)no2)[C@]2(CCN(C)C2)C1. The summed E-state index contributed by atoms with van der Waals surface area (Å²) in [5.41, 5.74) is 0.611. The summed E-state index contributed by atoms with van der Waals surface area (Å²) in [6.07, 6.45) is 0.971. The number of carbonyl (C=O) groups is 1. The molecule has 144 valence electrons.